The maximum atomic E-state index is 5.41. The van der Waals surface area contributed by atoms with Crippen LogP contribution in [0.4, 0.5) is 5.69 Å². The third-order valence-electron chi connectivity index (χ3n) is 2.64. The highest BCUT2D eigenvalue weighted by atomic mass is 16.5. The van der Waals surface area contributed by atoms with Crippen LogP contribution < -0.4 is 5.32 Å². The summed E-state index contributed by atoms with van der Waals surface area (Å²) in [6.07, 6.45) is 0. The van der Waals surface area contributed by atoms with Gasteiger partial charge in [0.25, 0.3) is 0 Å². The Morgan fingerprint density at radius 2 is 1.75 bits per heavy atom. The fraction of sp³-hybridized carbons (Fsp3) is 0.571. The van der Waals surface area contributed by atoms with E-state index in [1.165, 1.54) is 22.4 Å². The van der Waals surface area contributed by atoms with E-state index < -0.39 is 0 Å². The molecule has 1 unspecified atom stereocenters. The second-order valence-corrected chi connectivity index (χ2v) is 4.48. The molecule has 0 radical (unpaired) electrons. The number of hydrogen-bond acceptors (Lipinski definition) is 2. The lowest BCUT2D eigenvalue weighted by Crippen LogP contribution is -2.22. The van der Waals surface area contributed by atoms with Crippen LogP contribution in [0.25, 0.3) is 0 Å². The molecule has 0 heterocycles. The Kier molecular flexibility index (Phi) is 4.81. The number of ether oxygens (including phenoxy) is 1. The summed E-state index contributed by atoms with van der Waals surface area (Å²) in [5, 5.41) is 3.52. The number of nitrogens with one attached hydrogen (secondary N) is 1. The zero-order valence-corrected chi connectivity index (χ0v) is 11.1. The first kappa shape index (κ1) is 13.0. The summed E-state index contributed by atoms with van der Waals surface area (Å²) >= 11 is 0. The summed E-state index contributed by atoms with van der Waals surface area (Å²) in [6.45, 7) is 12.1. The Bertz CT molecular complexity index is 324. The molecule has 1 aromatic carbocycles. The van der Waals surface area contributed by atoms with Gasteiger partial charge in [0.1, 0.15) is 0 Å². The highest BCUT2D eigenvalue weighted by molar-refractivity contribution is 5.58. The molecular weight excluding hydrogens is 198 g/mol. The molecular formula is C14H23NO. The number of benzene rings is 1. The van der Waals surface area contributed by atoms with Crippen LogP contribution in [0.2, 0.25) is 0 Å². The van der Waals surface area contributed by atoms with Crippen molar-refractivity contribution in [3.05, 3.63) is 28.8 Å². The number of hydrogen-bond donors (Lipinski definition) is 1. The van der Waals surface area contributed by atoms with Gasteiger partial charge < -0.3 is 10.1 Å². The van der Waals surface area contributed by atoms with Crippen molar-refractivity contribution in [3.63, 3.8) is 0 Å². The molecule has 1 rings (SSSR count). The Morgan fingerprint density at radius 1 is 1.19 bits per heavy atom. The van der Waals surface area contributed by atoms with Crippen LogP contribution in [-0.4, -0.2) is 19.3 Å². The van der Waals surface area contributed by atoms with Crippen molar-refractivity contribution < 1.29 is 4.74 Å². The van der Waals surface area contributed by atoms with Gasteiger partial charge in [-0.05, 0) is 45.7 Å². The first-order valence-electron chi connectivity index (χ1n) is 5.96. The van der Waals surface area contributed by atoms with Crippen molar-refractivity contribution in [3.8, 4) is 0 Å². The quantitative estimate of drug-likeness (QED) is 0.822. The third-order valence-corrected chi connectivity index (χ3v) is 2.64. The van der Waals surface area contributed by atoms with Gasteiger partial charge in [0.15, 0.2) is 0 Å². The predicted molar refractivity (Wildman–Crippen MR) is 70.2 cm³/mol. The summed E-state index contributed by atoms with van der Waals surface area (Å²) < 4.78 is 5.41. The number of anilines is 1. The van der Waals surface area contributed by atoms with E-state index in [9.17, 15) is 0 Å². The fourth-order valence-electron chi connectivity index (χ4n) is 1.99. The summed E-state index contributed by atoms with van der Waals surface area (Å²) in [5.41, 5.74) is 5.18. The maximum absolute atomic E-state index is 5.41. The monoisotopic (exact) mass is 221 g/mol. The molecule has 0 aliphatic heterocycles. The lowest BCUT2D eigenvalue weighted by Gasteiger charge is -2.19. The van der Waals surface area contributed by atoms with Gasteiger partial charge in [-0.15, -0.1) is 0 Å². The standard InChI is InChI=1S/C14H23NO/c1-6-16-9-13(5)15-14-11(3)7-10(2)8-12(14)4/h7-8,13,15H,6,9H2,1-5H3. The predicted octanol–water partition coefficient (Wildman–Crippen LogP) is 3.45. The van der Waals surface area contributed by atoms with Crippen molar-refractivity contribution in [2.45, 2.75) is 40.7 Å². The minimum absolute atomic E-state index is 0.347. The smallest absolute Gasteiger partial charge is 0.0664 e. The number of rotatable bonds is 5. The van der Waals surface area contributed by atoms with Crippen LogP contribution in [0.15, 0.2) is 12.1 Å². The molecule has 0 spiro atoms. The Balaban J connectivity index is 2.73. The molecule has 0 bridgehead atoms. The molecule has 0 fully saturated rings. The lowest BCUT2D eigenvalue weighted by atomic mass is 10.0. The average Bonchev–Trinajstić information content (AvgIpc) is 2.20. The molecule has 16 heavy (non-hydrogen) atoms. The van der Waals surface area contributed by atoms with Crippen LogP contribution in [0.3, 0.4) is 0 Å². The molecule has 1 atom stereocenters. The van der Waals surface area contributed by atoms with Crippen molar-refractivity contribution >= 4 is 5.69 Å². The van der Waals surface area contributed by atoms with E-state index in [4.69, 9.17) is 4.74 Å². The molecule has 1 N–H and O–H groups in total. The first-order chi connectivity index (χ1) is 7.54. The highest BCUT2D eigenvalue weighted by Gasteiger charge is 2.07. The minimum atomic E-state index is 0.347. The van der Waals surface area contributed by atoms with E-state index >= 15 is 0 Å². The average molecular weight is 221 g/mol. The molecule has 0 saturated carbocycles. The van der Waals surface area contributed by atoms with Gasteiger partial charge in [0.2, 0.25) is 0 Å². The van der Waals surface area contributed by atoms with Crippen LogP contribution in [-0.2, 0) is 4.74 Å². The fourth-order valence-corrected chi connectivity index (χ4v) is 1.99. The second-order valence-electron chi connectivity index (χ2n) is 4.48. The summed E-state index contributed by atoms with van der Waals surface area (Å²) in [7, 11) is 0. The molecule has 1 aromatic rings. The van der Waals surface area contributed by atoms with Crippen LogP contribution >= 0.6 is 0 Å². The molecule has 0 aromatic heterocycles. The Labute approximate surface area is 99.0 Å². The van der Waals surface area contributed by atoms with Gasteiger partial charge >= 0.3 is 0 Å². The zero-order chi connectivity index (χ0) is 12.1. The molecule has 0 saturated heterocycles. The summed E-state index contributed by atoms with van der Waals surface area (Å²) in [6, 6.07) is 4.77. The first-order valence-corrected chi connectivity index (χ1v) is 5.96. The zero-order valence-electron chi connectivity index (χ0n) is 11.1. The van der Waals surface area contributed by atoms with Crippen molar-refractivity contribution in [1.29, 1.82) is 0 Å². The van der Waals surface area contributed by atoms with Crippen molar-refractivity contribution in [2.24, 2.45) is 0 Å². The van der Waals surface area contributed by atoms with Crippen LogP contribution in [0.1, 0.15) is 30.5 Å². The van der Waals surface area contributed by atoms with Crippen LogP contribution in [0.5, 0.6) is 0 Å². The minimum Gasteiger partial charge on any atom is -0.380 e. The van der Waals surface area contributed by atoms with E-state index in [1.54, 1.807) is 0 Å². The van der Waals surface area contributed by atoms with Gasteiger partial charge in [-0.25, -0.2) is 0 Å². The largest absolute Gasteiger partial charge is 0.380 e. The molecule has 2 heteroatoms. The second kappa shape index (κ2) is 5.90. The molecule has 0 amide bonds. The molecule has 2 nitrogen and oxygen atoms in total. The van der Waals surface area contributed by atoms with Gasteiger partial charge in [-0.1, -0.05) is 17.7 Å². The summed E-state index contributed by atoms with van der Waals surface area (Å²) in [4.78, 5) is 0. The van der Waals surface area contributed by atoms with E-state index in [1.807, 2.05) is 6.92 Å². The van der Waals surface area contributed by atoms with Gasteiger partial charge in [-0.3, -0.25) is 0 Å². The SMILES string of the molecule is CCOCC(C)Nc1c(C)cc(C)cc1C. The normalized spacial score (nSPS) is 12.6. The maximum Gasteiger partial charge on any atom is 0.0664 e. The van der Waals surface area contributed by atoms with E-state index in [0.29, 0.717) is 6.04 Å². The molecule has 0 aliphatic rings. The molecule has 0 aliphatic carbocycles. The number of aryl methyl sites for hydroxylation is 3. The van der Waals surface area contributed by atoms with Gasteiger partial charge in [-0.2, -0.15) is 0 Å². The Hall–Kier alpha value is -1.02. The lowest BCUT2D eigenvalue weighted by molar-refractivity contribution is 0.141. The highest BCUT2D eigenvalue weighted by Crippen LogP contribution is 2.22. The van der Waals surface area contributed by atoms with E-state index in [0.717, 1.165) is 13.2 Å². The van der Waals surface area contributed by atoms with Crippen LogP contribution in [0, 0.1) is 20.8 Å². The third kappa shape index (κ3) is 3.53. The van der Waals surface area contributed by atoms with E-state index in [-0.39, 0.29) is 0 Å². The van der Waals surface area contributed by atoms with Crippen molar-refractivity contribution in [1.82, 2.24) is 0 Å². The van der Waals surface area contributed by atoms with Gasteiger partial charge in [0, 0.05) is 18.3 Å². The van der Waals surface area contributed by atoms with Gasteiger partial charge in [0.05, 0.1) is 6.61 Å². The topological polar surface area (TPSA) is 21.3 Å². The van der Waals surface area contributed by atoms with E-state index in [2.05, 4.69) is 45.1 Å². The molecule has 90 valence electrons. The summed E-state index contributed by atoms with van der Waals surface area (Å²) in [5.74, 6) is 0. The Morgan fingerprint density at radius 3 is 2.25 bits per heavy atom. The van der Waals surface area contributed by atoms with Crippen molar-refractivity contribution in [2.75, 3.05) is 18.5 Å².